The fraction of sp³-hybridized carbons (Fsp3) is 0.474. The van der Waals surface area contributed by atoms with Gasteiger partial charge in [-0.15, -0.1) is 0 Å². The average molecular weight is 358 g/mol. The van der Waals surface area contributed by atoms with Gasteiger partial charge >= 0.3 is 11.8 Å². The van der Waals surface area contributed by atoms with E-state index in [0.29, 0.717) is 11.4 Å². The molecule has 26 heavy (non-hydrogen) atoms. The van der Waals surface area contributed by atoms with Crippen molar-refractivity contribution in [3.8, 4) is 0 Å². The topological polar surface area (TPSA) is 99.7 Å². The molecule has 3 N–H and O–H groups in total. The lowest BCUT2D eigenvalue weighted by Crippen LogP contribution is -2.37. The normalized spacial score (nSPS) is 15.2. The van der Waals surface area contributed by atoms with E-state index in [4.69, 9.17) is 0 Å². The van der Waals surface area contributed by atoms with Gasteiger partial charge in [0.2, 0.25) is 5.91 Å². The molecule has 1 aromatic carbocycles. The molecule has 0 unspecified atom stereocenters. The van der Waals surface area contributed by atoms with Crippen LogP contribution in [0.2, 0.25) is 0 Å². The second kappa shape index (κ2) is 9.70. The molecule has 7 nitrogen and oxygen atoms in total. The zero-order valence-electron chi connectivity index (χ0n) is 15.3. The first kappa shape index (κ1) is 19.6. The Morgan fingerprint density at radius 1 is 1.04 bits per heavy atom. The van der Waals surface area contributed by atoms with Crippen molar-refractivity contribution in [2.24, 2.45) is 5.10 Å². The standard InChI is InChI=1S/C19H26N4O3/c1-13-8-10-16(11-9-13)21-18(25)19(26)23-22-14(2)12-17(24)20-15-6-4-3-5-7-15/h8-11,15H,3-7,12H2,1-2H3,(H,20,24)(H,21,25)(H,23,26)/b22-14+. The largest absolute Gasteiger partial charge is 0.353 e. The SMILES string of the molecule is C/C(CC(=O)NC1CCCCC1)=N\NC(=O)C(=O)Nc1ccc(C)cc1. The van der Waals surface area contributed by atoms with Crippen LogP contribution < -0.4 is 16.1 Å². The van der Waals surface area contributed by atoms with Gasteiger partial charge in [0.1, 0.15) is 0 Å². The summed E-state index contributed by atoms with van der Waals surface area (Å²) < 4.78 is 0. The van der Waals surface area contributed by atoms with Crippen molar-refractivity contribution in [1.29, 1.82) is 0 Å². The molecular formula is C19H26N4O3. The van der Waals surface area contributed by atoms with E-state index in [1.165, 1.54) is 6.42 Å². The van der Waals surface area contributed by atoms with Gasteiger partial charge in [-0.1, -0.05) is 37.0 Å². The number of nitrogens with zero attached hydrogens (tertiary/aromatic N) is 1. The van der Waals surface area contributed by atoms with E-state index < -0.39 is 11.8 Å². The van der Waals surface area contributed by atoms with Crippen LogP contribution in [0.5, 0.6) is 0 Å². The fourth-order valence-corrected chi connectivity index (χ4v) is 2.82. The van der Waals surface area contributed by atoms with Gasteiger partial charge in [0, 0.05) is 17.4 Å². The van der Waals surface area contributed by atoms with Crippen LogP contribution >= 0.6 is 0 Å². The Hall–Kier alpha value is -2.70. The number of carbonyl (C=O) groups excluding carboxylic acids is 3. The summed E-state index contributed by atoms with van der Waals surface area (Å²) in [6, 6.07) is 7.33. The molecule has 1 aliphatic carbocycles. The first-order valence-electron chi connectivity index (χ1n) is 8.94. The summed E-state index contributed by atoms with van der Waals surface area (Å²) in [6.07, 6.45) is 5.63. The molecule has 0 spiro atoms. The molecule has 140 valence electrons. The molecule has 0 aliphatic heterocycles. The Balaban J connectivity index is 1.75. The summed E-state index contributed by atoms with van der Waals surface area (Å²) in [6.45, 7) is 3.57. The highest BCUT2D eigenvalue weighted by atomic mass is 16.2. The lowest BCUT2D eigenvalue weighted by molar-refractivity contribution is -0.136. The highest BCUT2D eigenvalue weighted by Crippen LogP contribution is 2.17. The number of carbonyl (C=O) groups is 3. The maximum atomic E-state index is 12.0. The van der Waals surface area contributed by atoms with Crippen molar-refractivity contribution in [3.63, 3.8) is 0 Å². The Kier molecular flexibility index (Phi) is 7.32. The third kappa shape index (κ3) is 6.66. The zero-order chi connectivity index (χ0) is 18.9. The van der Waals surface area contributed by atoms with Crippen LogP contribution in [-0.2, 0) is 14.4 Å². The number of hydrazone groups is 1. The van der Waals surface area contributed by atoms with Crippen molar-refractivity contribution >= 4 is 29.1 Å². The predicted octanol–water partition coefficient (Wildman–Crippen LogP) is 2.26. The maximum Gasteiger partial charge on any atom is 0.329 e. The molecule has 0 heterocycles. The first-order valence-corrected chi connectivity index (χ1v) is 8.94. The number of hydrogen-bond acceptors (Lipinski definition) is 4. The Bertz CT molecular complexity index is 677. The van der Waals surface area contributed by atoms with E-state index in [1.807, 2.05) is 19.1 Å². The molecule has 1 fully saturated rings. The minimum absolute atomic E-state index is 0.0936. The minimum Gasteiger partial charge on any atom is -0.353 e. The smallest absolute Gasteiger partial charge is 0.329 e. The van der Waals surface area contributed by atoms with E-state index in [-0.39, 0.29) is 18.4 Å². The Morgan fingerprint density at radius 3 is 2.35 bits per heavy atom. The molecule has 1 aliphatic rings. The summed E-state index contributed by atoms with van der Waals surface area (Å²) in [5.74, 6) is -1.80. The third-order valence-electron chi connectivity index (χ3n) is 4.25. The number of nitrogens with one attached hydrogen (secondary N) is 3. The summed E-state index contributed by atoms with van der Waals surface area (Å²) in [7, 11) is 0. The maximum absolute atomic E-state index is 12.0. The predicted molar refractivity (Wildman–Crippen MR) is 101 cm³/mol. The monoisotopic (exact) mass is 358 g/mol. The van der Waals surface area contributed by atoms with Crippen LogP contribution in [-0.4, -0.2) is 29.5 Å². The van der Waals surface area contributed by atoms with Crippen LogP contribution in [0.3, 0.4) is 0 Å². The van der Waals surface area contributed by atoms with Crippen LogP contribution in [0.25, 0.3) is 0 Å². The minimum atomic E-state index is -0.877. The quantitative estimate of drug-likeness (QED) is 0.428. The number of anilines is 1. The van der Waals surface area contributed by atoms with Gasteiger partial charge in [-0.25, -0.2) is 5.43 Å². The van der Waals surface area contributed by atoms with Crippen molar-refractivity contribution < 1.29 is 14.4 Å². The Labute approximate surface area is 153 Å². The lowest BCUT2D eigenvalue weighted by Gasteiger charge is -2.22. The zero-order valence-corrected chi connectivity index (χ0v) is 15.3. The van der Waals surface area contributed by atoms with E-state index in [2.05, 4.69) is 21.2 Å². The highest BCUT2D eigenvalue weighted by Gasteiger charge is 2.17. The summed E-state index contributed by atoms with van der Waals surface area (Å²) in [5.41, 5.74) is 4.21. The molecule has 1 aromatic rings. The molecule has 1 saturated carbocycles. The molecule has 0 saturated heterocycles. The van der Waals surface area contributed by atoms with Gasteiger partial charge in [-0.3, -0.25) is 14.4 Å². The van der Waals surface area contributed by atoms with Gasteiger partial charge in [0.05, 0.1) is 6.42 Å². The van der Waals surface area contributed by atoms with Gasteiger partial charge in [-0.2, -0.15) is 5.10 Å². The number of benzene rings is 1. The van der Waals surface area contributed by atoms with Crippen LogP contribution in [0.4, 0.5) is 5.69 Å². The first-order chi connectivity index (χ1) is 12.4. The molecular weight excluding hydrogens is 332 g/mol. The van der Waals surface area contributed by atoms with E-state index in [9.17, 15) is 14.4 Å². The summed E-state index contributed by atoms with van der Waals surface area (Å²) in [4.78, 5) is 35.6. The highest BCUT2D eigenvalue weighted by molar-refractivity contribution is 6.39. The second-order valence-electron chi connectivity index (χ2n) is 6.69. The van der Waals surface area contributed by atoms with E-state index >= 15 is 0 Å². The van der Waals surface area contributed by atoms with Gasteiger partial charge in [0.15, 0.2) is 0 Å². The third-order valence-corrected chi connectivity index (χ3v) is 4.25. The number of hydrogen-bond donors (Lipinski definition) is 3. The van der Waals surface area contributed by atoms with Crippen LogP contribution in [0.1, 0.15) is 51.0 Å². The number of rotatable bonds is 5. The molecule has 2 rings (SSSR count). The molecule has 7 heteroatoms. The lowest BCUT2D eigenvalue weighted by atomic mass is 9.95. The fourth-order valence-electron chi connectivity index (χ4n) is 2.82. The summed E-state index contributed by atoms with van der Waals surface area (Å²) in [5, 5.41) is 9.30. The summed E-state index contributed by atoms with van der Waals surface area (Å²) >= 11 is 0. The molecule has 0 bridgehead atoms. The van der Waals surface area contributed by atoms with E-state index in [1.54, 1.807) is 19.1 Å². The van der Waals surface area contributed by atoms with Gasteiger partial charge in [0.25, 0.3) is 0 Å². The van der Waals surface area contributed by atoms with Crippen molar-refractivity contribution in [2.75, 3.05) is 5.32 Å². The molecule has 3 amide bonds. The number of amides is 3. The van der Waals surface area contributed by atoms with Gasteiger partial charge < -0.3 is 10.6 Å². The second-order valence-corrected chi connectivity index (χ2v) is 6.69. The van der Waals surface area contributed by atoms with Gasteiger partial charge in [-0.05, 0) is 38.8 Å². The van der Waals surface area contributed by atoms with E-state index in [0.717, 1.165) is 31.2 Å². The van der Waals surface area contributed by atoms with Crippen LogP contribution in [0, 0.1) is 6.92 Å². The molecule has 0 aromatic heterocycles. The van der Waals surface area contributed by atoms with Crippen LogP contribution in [0.15, 0.2) is 29.4 Å². The molecule has 0 radical (unpaired) electrons. The number of aryl methyl sites for hydroxylation is 1. The molecule has 0 atom stereocenters. The van der Waals surface area contributed by atoms with Crippen molar-refractivity contribution in [3.05, 3.63) is 29.8 Å². The van der Waals surface area contributed by atoms with Crippen molar-refractivity contribution in [1.82, 2.24) is 10.7 Å². The Morgan fingerprint density at radius 2 is 1.69 bits per heavy atom. The average Bonchev–Trinajstić information content (AvgIpc) is 2.62. The van der Waals surface area contributed by atoms with Crippen molar-refractivity contribution in [2.45, 2.75) is 58.4 Å².